The molecule has 2 N–H and O–H groups in total. The number of aliphatic carboxylic acids is 1. The Kier molecular flexibility index (Phi) is 2.52. The molecule has 1 aliphatic rings. The first kappa shape index (κ1) is 10.5. The van der Waals surface area contributed by atoms with Crippen LogP contribution in [0.5, 0.6) is 5.75 Å². The molecule has 5 nitrogen and oxygen atoms in total. The number of carboxylic acid groups (broad SMARTS) is 1. The van der Waals surface area contributed by atoms with E-state index in [1.807, 2.05) is 0 Å². The highest BCUT2D eigenvalue weighted by Gasteiger charge is 2.19. The summed E-state index contributed by atoms with van der Waals surface area (Å²) in [6.45, 7) is 1.59. The van der Waals surface area contributed by atoms with E-state index in [4.69, 9.17) is 9.84 Å². The average Bonchev–Trinajstić information content (AvgIpc) is 2.26. The second kappa shape index (κ2) is 3.84. The zero-order valence-corrected chi connectivity index (χ0v) is 8.69. The Bertz CT molecular complexity index is 455. The molecule has 0 saturated heterocycles. The molecule has 0 saturated carbocycles. The number of amides is 1. The minimum atomic E-state index is -0.900. The molecule has 0 aliphatic carbocycles. The average molecular weight is 221 g/mol. The highest BCUT2D eigenvalue weighted by Crippen LogP contribution is 2.31. The number of carboxylic acids is 1. The maximum Gasteiger partial charge on any atom is 0.310 e. The van der Waals surface area contributed by atoms with Gasteiger partial charge >= 0.3 is 5.97 Å². The van der Waals surface area contributed by atoms with Gasteiger partial charge in [0.1, 0.15) is 5.75 Å². The highest BCUT2D eigenvalue weighted by atomic mass is 16.5. The Labute approximate surface area is 92.0 Å². The van der Waals surface area contributed by atoms with Crippen LogP contribution in [0.15, 0.2) is 18.2 Å². The lowest BCUT2D eigenvalue weighted by molar-refractivity contribution is -0.138. The predicted molar refractivity (Wildman–Crippen MR) is 56.6 cm³/mol. The first-order chi connectivity index (χ1) is 7.58. The molecule has 1 unspecified atom stereocenters. The fourth-order valence-corrected chi connectivity index (χ4v) is 1.51. The molecule has 0 radical (unpaired) electrons. The lowest BCUT2D eigenvalue weighted by atomic mass is 10.0. The summed E-state index contributed by atoms with van der Waals surface area (Å²) in [5, 5.41) is 11.5. The molecule has 1 aromatic carbocycles. The van der Waals surface area contributed by atoms with Crippen LogP contribution in [0.2, 0.25) is 0 Å². The van der Waals surface area contributed by atoms with Gasteiger partial charge in [-0.25, -0.2) is 0 Å². The third-order valence-corrected chi connectivity index (χ3v) is 2.51. The smallest absolute Gasteiger partial charge is 0.310 e. The van der Waals surface area contributed by atoms with Crippen molar-refractivity contribution in [1.29, 1.82) is 0 Å². The quantitative estimate of drug-likeness (QED) is 0.786. The van der Waals surface area contributed by atoms with Crippen LogP contribution in [0.1, 0.15) is 18.4 Å². The summed E-state index contributed by atoms with van der Waals surface area (Å²) >= 11 is 0. The van der Waals surface area contributed by atoms with Gasteiger partial charge in [0.2, 0.25) is 0 Å². The van der Waals surface area contributed by atoms with Crippen LogP contribution in [0, 0.1) is 0 Å². The van der Waals surface area contributed by atoms with Gasteiger partial charge in [0.15, 0.2) is 6.61 Å². The first-order valence-electron chi connectivity index (χ1n) is 4.87. The van der Waals surface area contributed by atoms with Gasteiger partial charge in [0.25, 0.3) is 5.91 Å². The molecule has 1 atom stereocenters. The summed E-state index contributed by atoms with van der Waals surface area (Å²) in [5.74, 6) is -1.17. The number of anilines is 1. The molecule has 1 aliphatic heterocycles. The van der Waals surface area contributed by atoms with E-state index in [-0.39, 0.29) is 12.5 Å². The molecule has 2 rings (SSSR count). The molecular formula is C11H11NO4. The third-order valence-electron chi connectivity index (χ3n) is 2.51. The van der Waals surface area contributed by atoms with Crippen molar-refractivity contribution in [3.8, 4) is 5.75 Å². The van der Waals surface area contributed by atoms with Crippen molar-refractivity contribution >= 4 is 17.6 Å². The van der Waals surface area contributed by atoms with Crippen molar-refractivity contribution in [2.75, 3.05) is 11.9 Å². The van der Waals surface area contributed by atoms with Gasteiger partial charge in [-0.05, 0) is 24.6 Å². The Hall–Kier alpha value is -2.04. The molecule has 5 heteroatoms. The molecular weight excluding hydrogens is 210 g/mol. The van der Waals surface area contributed by atoms with E-state index < -0.39 is 11.9 Å². The number of ether oxygens (including phenoxy) is 1. The van der Waals surface area contributed by atoms with Crippen molar-refractivity contribution in [3.05, 3.63) is 23.8 Å². The molecule has 0 bridgehead atoms. The third kappa shape index (κ3) is 1.84. The lowest BCUT2D eigenvalue weighted by Crippen LogP contribution is -2.25. The normalized spacial score (nSPS) is 15.7. The molecule has 0 spiro atoms. The number of carbonyl (C=O) groups is 2. The van der Waals surface area contributed by atoms with Crippen LogP contribution >= 0.6 is 0 Å². The molecule has 84 valence electrons. The zero-order chi connectivity index (χ0) is 11.7. The Morgan fingerprint density at radius 1 is 1.56 bits per heavy atom. The van der Waals surface area contributed by atoms with Gasteiger partial charge in [-0.15, -0.1) is 0 Å². The van der Waals surface area contributed by atoms with E-state index in [2.05, 4.69) is 5.32 Å². The van der Waals surface area contributed by atoms with Crippen molar-refractivity contribution < 1.29 is 19.4 Å². The van der Waals surface area contributed by atoms with Crippen LogP contribution in [0.3, 0.4) is 0 Å². The Balaban J connectivity index is 2.34. The van der Waals surface area contributed by atoms with Gasteiger partial charge in [0, 0.05) is 0 Å². The molecule has 1 aromatic rings. The first-order valence-corrected chi connectivity index (χ1v) is 4.87. The van der Waals surface area contributed by atoms with Gasteiger partial charge in [-0.3, -0.25) is 9.59 Å². The summed E-state index contributed by atoms with van der Waals surface area (Å²) in [4.78, 5) is 21.9. The summed E-state index contributed by atoms with van der Waals surface area (Å²) in [7, 11) is 0. The van der Waals surface area contributed by atoms with Crippen molar-refractivity contribution in [3.63, 3.8) is 0 Å². The van der Waals surface area contributed by atoms with Crippen LogP contribution in [-0.2, 0) is 9.59 Å². The molecule has 0 fully saturated rings. The predicted octanol–water partition coefficient (Wildman–Crippen LogP) is 1.21. The molecule has 16 heavy (non-hydrogen) atoms. The standard InChI is InChI=1S/C11H11NO4/c1-6(11(14)15)7-2-3-9-8(4-7)12-10(13)5-16-9/h2-4,6H,5H2,1H3,(H,12,13)(H,14,15). The number of benzene rings is 1. The number of rotatable bonds is 2. The number of fused-ring (bicyclic) bond motifs is 1. The van der Waals surface area contributed by atoms with Crippen LogP contribution in [0.25, 0.3) is 0 Å². The highest BCUT2D eigenvalue weighted by molar-refractivity contribution is 5.95. The summed E-state index contributed by atoms with van der Waals surface area (Å²) < 4.78 is 5.17. The van der Waals surface area contributed by atoms with E-state index in [0.717, 1.165) is 0 Å². The topological polar surface area (TPSA) is 75.6 Å². The van der Waals surface area contributed by atoms with E-state index in [0.29, 0.717) is 17.0 Å². The number of nitrogens with one attached hydrogen (secondary N) is 1. The molecule has 1 amide bonds. The summed E-state index contributed by atoms with van der Waals surface area (Å²) in [5.41, 5.74) is 1.17. The van der Waals surface area contributed by atoms with E-state index in [9.17, 15) is 9.59 Å². The second-order valence-corrected chi connectivity index (χ2v) is 3.65. The Morgan fingerprint density at radius 2 is 2.31 bits per heavy atom. The van der Waals surface area contributed by atoms with Gasteiger partial charge in [-0.1, -0.05) is 6.07 Å². The van der Waals surface area contributed by atoms with E-state index in [1.54, 1.807) is 25.1 Å². The van der Waals surface area contributed by atoms with Crippen LogP contribution in [-0.4, -0.2) is 23.6 Å². The number of hydrogen-bond acceptors (Lipinski definition) is 3. The summed E-state index contributed by atoms with van der Waals surface area (Å²) in [6.07, 6.45) is 0. The van der Waals surface area contributed by atoms with Gasteiger partial charge in [0.05, 0.1) is 11.6 Å². The number of carbonyl (C=O) groups excluding carboxylic acids is 1. The van der Waals surface area contributed by atoms with Crippen LogP contribution in [0.4, 0.5) is 5.69 Å². The van der Waals surface area contributed by atoms with E-state index >= 15 is 0 Å². The minimum absolute atomic E-state index is 0.000824. The maximum absolute atomic E-state index is 11.1. The monoisotopic (exact) mass is 221 g/mol. The lowest BCUT2D eigenvalue weighted by Gasteiger charge is -2.19. The van der Waals surface area contributed by atoms with Crippen LogP contribution < -0.4 is 10.1 Å². The van der Waals surface area contributed by atoms with Crippen molar-refractivity contribution in [2.24, 2.45) is 0 Å². The minimum Gasteiger partial charge on any atom is -0.482 e. The zero-order valence-electron chi connectivity index (χ0n) is 8.69. The largest absolute Gasteiger partial charge is 0.482 e. The fourth-order valence-electron chi connectivity index (χ4n) is 1.51. The fraction of sp³-hybridized carbons (Fsp3) is 0.273. The second-order valence-electron chi connectivity index (χ2n) is 3.65. The maximum atomic E-state index is 11.1. The molecule has 1 heterocycles. The van der Waals surface area contributed by atoms with Crippen molar-refractivity contribution in [1.82, 2.24) is 0 Å². The number of hydrogen-bond donors (Lipinski definition) is 2. The SMILES string of the molecule is CC(C(=O)O)c1ccc2c(c1)NC(=O)CO2. The van der Waals surface area contributed by atoms with Crippen molar-refractivity contribution in [2.45, 2.75) is 12.8 Å². The summed E-state index contributed by atoms with van der Waals surface area (Å²) in [6, 6.07) is 4.99. The molecule has 0 aromatic heterocycles. The van der Waals surface area contributed by atoms with Gasteiger partial charge < -0.3 is 15.2 Å². The van der Waals surface area contributed by atoms with Gasteiger partial charge in [-0.2, -0.15) is 0 Å². The Morgan fingerprint density at radius 3 is 3.00 bits per heavy atom. The van der Waals surface area contributed by atoms with E-state index in [1.165, 1.54) is 0 Å².